The van der Waals surface area contributed by atoms with Crippen molar-refractivity contribution in [2.45, 2.75) is 44.5 Å². The molecule has 0 aliphatic carbocycles. The quantitative estimate of drug-likeness (QED) is 0.624. The molecule has 0 saturated carbocycles. The molecular formula is C16H21NO7. The first kappa shape index (κ1) is 18.2. The van der Waals surface area contributed by atoms with Crippen molar-refractivity contribution in [2.24, 2.45) is 0 Å². The Balaban J connectivity index is 2.28. The van der Waals surface area contributed by atoms with Crippen LogP contribution in [0.4, 0.5) is 0 Å². The number of esters is 1. The number of aliphatic hydroxyl groups excluding tert-OH is 2. The third kappa shape index (κ3) is 4.44. The van der Waals surface area contributed by atoms with E-state index in [1.165, 1.54) is 13.8 Å². The Morgan fingerprint density at radius 2 is 1.92 bits per heavy atom. The van der Waals surface area contributed by atoms with Crippen LogP contribution in [0.15, 0.2) is 30.3 Å². The molecule has 3 N–H and O–H groups in total. The fourth-order valence-corrected chi connectivity index (χ4v) is 2.52. The van der Waals surface area contributed by atoms with Gasteiger partial charge in [-0.2, -0.15) is 0 Å². The predicted octanol–water partition coefficient (Wildman–Crippen LogP) is -0.420. The number of carbonyl (C=O) groups is 2. The smallest absolute Gasteiger partial charge is 0.303 e. The van der Waals surface area contributed by atoms with Gasteiger partial charge in [0.2, 0.25) is 12.2 Å². The fraction of sp³-hybridized carbons (Fsp3) is 0.500. The van der Waals surface area contributed by atoms with E-state index in [-0.39, 0.29) is 0 Å². The highest BCUT2D eigenvalue weighted by Gasteiger charge is 2.48. The van der Waals surface area contributed by atoms with Crippen LogP contribution in [-0.4, -0.2) is 59.3 Å². The van der Waals surface area contributed by atoms with Gasteiger partial charge in [0.05, 0.1) is 6.61 Å². The molecule has 0 spiro atoms. The normalized spacial score (nSPS) is 29.6. The summed E-state index contributed by atoms with van der Waals surface area (Å²) < 4.78 is 16.4. The second-order valence-corrected chi connectivity index (χ2v) is 5.45. The number of hydrogen-bond donors (Lipinski definition) is 3. The van der Waals surface area contributed by atoms with Gasteiger partial charge in [-0.25, -0.2) is 0 Å². The Morgan fingerprint density at radius 3 is 2.46 bits per heavy atom. The lowest BCUT2D eigenvalue weighted by Crippen LogP contribution is -2.66. The van der Waals surface area contributed by atoms with E-state index in [9.17, 15) is 19.8 Å². The lowest BCUT2D eigenvalue weighted by Gasteiger charge is -2.43. The molecule has 24 heavy (non-hydrogen) atoms. The first-order valence-corrected chi connectivity index (χ1v) is 7.52. The molecule has 0 radical (unpaired) electrons. The van der Waals surface area contributed by atoms with E-state index in [0.717, 1.165) is 0 Å². The molecule has 8 heteroatoms. The highest BCUT2D eigenvalue weighted by Crippen LogP contribution is 2.26. The summed E-state index contributed by atoms with van der Waals surface area (Å²) in [5.74, 6) is -0.573. The summed E-state index contributed by atoms with van der Waals surface area (Å²) in [6, 6.07) is 7.76. The second kappa shape index (κ2) is 8.09. The Morgan fingerprint density at radius 1 is 1.25 bits per heavy atom. The molecule has 5 atom stereocenters. The summed E-state index contributed by atoms with van der Waals surface area (Å²) >= 11 is 0. The summed E-state index contributed by atoms with van der Waals surface area (Å²) in [4.78, 5) is 22.9. The number of nitrogens with one attached hydrogen (secondary N) is 1. The maximum atomic E-state index is 11.5. The first-order chi connectivity index (χ1) is 11.4. The van der Waals surface area contributed by atoms with E-state index in [4.69, 9.17) is 14.2 Å². The molecule has 1 aliphatic heterocycles. The van der Waals surface area contributed by atoms with Gasteiger partial charge in [-0.3, -0.25) is 9.59 Å². The number of benzene rings is 1. The van der Waals surface area contributed by atoms with Crippen LogP contribution in [0.1, 0.15) is 13.8 Å². The fourth-order valence-electron chi connectivity index (χ4n) is 2.52. The Bertz CT molecular complexity index is 565. The highest BCUT2D eigenvalue weighted by molar-refractivity contribution is 5.73. The van der Waals surface area contributed by atoms with Crippen LogP contribution in [0.25, 0.3) is 0 Å². The molecule has 1 fully saturated rings. The predicted molar refractivity (Wildman–Crippen MR) is 82.0 cm³/mol. The van der Waals surface area contributed by atoms with Crippen molar-refractivity contribution in [2.75, 3.05) is 6.61 Å². The van der Waals surface area contributed by atoms with Gasteiger partial charge in [0.15, 0.2) is 6.10 Å². The van der Waals surface area contributed by atoms with E-state index >= 15 is 0 Å². The van der Waals surface area contributed by atoms with Crippen LogP contribution in [0, 0.1) is 0 Å². The molecule has 1 amide bonds. The summed E-state index contributed by atoms with van der Waals surface area (Å²) in [6.07, 6.45) is -4.51. The van der Waals surface area contributed by atoms with Crippen LogP contribution in [-0.2, 0) is 19.1 Å². The zero-order valence-electron chi connectivity index (χ0n) is 13.4. The number of hydrogen-bond acceptors (Lipinski definition) is 7. The molecule has 1 aromatic carbocycles. The molecule has 1 aliphatic rings. The summed E-state index contributed by atoms with van der Waals surface area (Å²) in [5, 5.41) is 22.2. The van der Waals surface area contributed by atoms with Crippen molar-refractivity contribution in [3.8, 4) is 5.75 Å². The van der Waals surface area contributed by atoms with Crippen molar-refractivity contribution < 1.29 is 34.0 Å². The van der Waals surface area contributed by atoms with Gasteiger partial charge >= 0.3 is 5.97 Å². The summed E-state index contributed by atoms with van der Waals surface area (Å²) in [5.41, 5.74) is 0. The van der Waals surface area contributed by atoms with Crippen molar-refractivity contribution in [3.05, 3.63) is 30.3 Å². The van der Waals surface area contributed by atoms with Gasteiger partial charge in [-0.15, -0.1) is 0 Å². The molecule has 8 nitrogen and oxygen atoms in total. The van der Waals surface area contributed by atoms with E-state index < -0.39 is 49.1 Å². The molecule has 2 rings (SSSR count). The lowest BCUT2D eigenvalue weighted by atomic mass is 9.96. The molecule has 0 bridgehead atoms. The molecule has 1 heterocycles. The van der Waals surface area contributed by atoms with E-state index in [0.29, 0.717) is 5.75 Å². The van der Waals surface area contributed by atoms with Crippen LogP contribution in [0.2, 0.25) is 0 Å². The summed E-state index contributed by atoms with van der Waals surface area (Å²) in [7, 11) is 0. The average molecular weight is 339 g/mol. The Labute approximate surface area is 139 Å². The zero-order chi connectivity index (χ0) is 17.7. The van der Waals surface area contributed by atoms with E-state index in [1.54, 1.807) is 24.3 Å². The number of para-hydroxylation sites is 1. The van der Waals surface area contributed by atoms with Crippen molar-refractivity contribution in [1.82, 2.24) is 5.32 Å². The largest absolute Gasteiger partial charge is 0.463 e. The van der Waals surface area contributed by atoms with Gasteiger partial charge in [0.25, 0.3) is 0 Å². The van der Waals surface area contributed by atoms with Gasteiger partial charge in [-0.05, 0) is 12.1 Å². The van der Waals surface area contributed by atoms with Crippen LogP contribution in [0.3, 0.4) is 0 Å². The maximum Gasteiger partial charge on any atom is 0.303 e. The molecular weight excluding hydrogens is 318 g/mol. The zero-order valence-corrected chi connectivity index (χ0v) is 13.4. The molecule has 132 valence electrons. The van der Waals surface area contributed by atoms with Gasteiger partial charge in [0, 0.05) is 13.8 Å². The monoisotopic (exact) mass is 339 g/mol. The molecule has 1 aromatic rings. The van der Waals surface area contributed by atoms with Crippen LogP contribution in [0.5, 0.6) is 5.75 Å². The Kier molecular flexibility index (Phi) is 6.13. The first-order valence-electron chi connectivity index (χ1n) is 7.52. The molecule has 1 saturated heterocycles. The summed E-state index contributed by atoms with van der Waals surface area (Å²) in [6.45, 7) is 1.98. The van der Waals surface area contributed by atoms with Gasteiger partial charge in [-0.1, -0.05) is 18.2 Å². The third-order valence-corrected chi connectivity index (χ3v) is 3.52. The number of aliphatic hydroxyl groups is 2. The maximum absolute atomic E-state index is 11.5. The van der Waals surface area contributed by atoms with Crippen molar-refractivity contribution in [3.63, 3.8) is 0 Å². The average Bonchev–Trinajstić information content (AvgIpc) is 2.53. The lowest BCUT2D eigenvalue weighted by molar-refractivity contribution is -0.249. The minimum Gasteiger partial charge on any atom is -0.463 e. The highest BCUT2D eigenvalue weighted by atomic mass is 16.7. The minimum absolute atomic E-state index is 0.405. The third-order valence-electron chi connectivity index (χ3n) is 3.52. The second-order valence-electron chi connectivity index (χ2n) is 5.45. The number of amides is 1. The van der Waals surface area contributed by atoms with Crippen LogP contribution >= 0.6 is 0 Å². The molecule has 0 unspecified atom stereocenters. The number of ether oxygens (including phenoxy) is 3. The van der Waals surface area contributed by atoms with Crippen molar-refractivity contribution in [1.29, 1.82) is 0 Å². The van der Waals surface area contributed by atoms with E-state index in [2.05, 4.69) is 5.32 Å². The van der Waals surface area contributed by atoms with E-state index in [1.807, 2.05) is 6.07 Å². The van der Waals surface area contributed by atoms with Crippen LogP contribution < -0.4 is 10.1 Å². The van der Waals surface area contributed by atoms with Crippen molar-refractivity contribution >= 4 is 11.9 Å². The van der Waals surface area contributed by atoms with Gasteiger partial charge < -0.3 is 29.7 Å². The standard InChI is InChI=1S/C16H21NO7/c1-9(19)17-13-15(22-10(2)20)14(21)12(8-18)24-16(13)23-11-6-4-3-5-7-11/h3-7,12-16,18,21H,8H2,1-2H3,(H,17,19)/t12-,13-,14+,15-,16-/m0/s1. The number of rotatable bonds is 5. The Hall–Kier alpha value is -2.16. The minimum atomic E-state index is -1.31. The number of carbonyl (C=O) groups excluding carboxylic acids is 2. The SMILES string of the molecule is CC(=O)N[C@@H]1[C@@H](Oc2ccccc2)O[C@@H](CO)[C@@H](O)[C@H]1OC(C)=O. The molecule has 0 aromatic heterocycles. The van der Waals surface area contributed by atoms with Gasteiger partial charge in [0.1, 0.15) is 24.0 Å². The topological polar surface area (TPSA) is 114 Å².